The van der Waals surface area contributed by atoms with Crippen LogP contribution in [0, 0.1) is 11.3 Å². The summed E-state index contributed by atoms with van der Waals surface area (Å²) in [6.45, 7) is 0. The Bertz CT molecular complexity index is 400. The molecule has 0 bridgehead atoms. The minimum absolute atomic E-state index is 0.186. The number of rotatable bonds is 3. The van der Waals surface area contributed by atoms with E-state index in [1.54, 1.807) is 12.1 Å². The summed E-state index contributed by atoms with van der Waals surface area (Å²) < 4.78 is 10.0. The van der Waals surface area contributed by atoms with E-state index in [-0.39, 0.29) is 5.02 Å². The van der Waals surface area contributed by atoms with Gasteiger partial charge in [0.15, 0.2) is 17.6 Å². The van der Waals surface area contributed by atoms with Crippen molar-refractivity contribution in [1.82, 2.24) is 0 Å². The molecule has 0 amide bonds. The van der Waals surface area contributed by atoms with Gasteiger partial charge in [-0.2, -0.15) is 5.26 Å². The first-order valence-corrected chi connectivity index (χ1v) is 4.51. The summed E-state index contributed by atoms with van der Waals surface area (Å²) in [5.74, 6) is 0.766. The number of nitriles is 1. The van der Waals surface area contributed by atoms with Crippen molar-refractivity contribution in [2.45, 2.75) is 6.10 Å². The maximum atomic E-state index is 9.35. The molecular formula is C10H10ClNO3. The van der Waals surface area contributed by atoms with Crippen molar-refractivity contribution >= 4 is 11.6 Å². The fourth-order valence-electron chi connectivity index (χ4n) is 1.19. The number of ether oxygens (including phenoxy) is 2. The van der Waals surface area contributed by atoms with E-state index in [1.807, 2.05) is 0 Å². The Morgan fingerprint density at radius 2 is 2.07 bits per heavy atom. The second-order valence-electron chi connectivity index (χ2n) is 2.74. The Labute approximate surface area is 92.6 Å². The normalized spacial score (nSPS) is 11.7. The molecule has 1 aromatic carbocycles. The van der Waals surface area contributed by atoms with Crippen LogP contribution in [0.3, 0.4) is 0 Å². The summed E-state index contributed by atoms with van der Waals surface area (Å²) in [6, 6.07) is 4.79. The molecule has 1 N–H and O–H groups in total. The van der Waals surface area contributed by atoms with Crippen LogP contribution in [0.25, 0.3) is 0 Å². The zero-order chi connectivity index (χ0) is 11.4. The third-order valence-electron chi connectivity index (χ3n) is 1.93. The Balaban J connectivity index is 3.30. The minimum Gasteiger partial charge on any atom is -0.493 e. The Morgan fingerprint density at radius 3 is 2.53 bits per heavy atom. The summed E-state index contributed by atoms with van der Waals surface area (Å²) in [4.78, 5) is 0. The van der Waals surface area contributed by atoms with Gasteiger partial charge in [-0.15, -0.1) is 0 Å². The average molecular weight is 228 g/mol. The molecule has 5 heteroatoms. The lowest BCUT2D eigenvalue weighted by atomic mass is 10.1. The molecule has 0 heterocycles. The van der Waals surface area contributed by atoms with E-state index in [9.17, 15) is 5.11 Å². The van der Waals surface area contributed by atoms with Crippen LogP contribution in [0.4, 0.5) is 0 Å². The molecule has 0 spiro atoms. The zero-order valence-electron chi connectivity index (χ0n) is 8.32. The smallest absolute Gasteiger partial charge is 0.179 e. The van der Waals surface area contributed by atoms with Gasteiger partial charge >= 0.3 is 0 Å². The third-order valence-corrected chi connectivity index (χ3v) is 2.32. The number of halogens is 1. The number of nitrogens with zero attached hydrogens (tertiary/aromatic N) is 1. The van der Waals surface area contributed by atoms with Crippen molar-refractivity contribution in [2.24, 2.45) is 0 Å². The quantitative estimate of drug-likeness (QED) is 0.802. The van der Waals surface area contributed by atoms with Crippen molar-refractivity contribution in [2.75, 3.05) is 14.2 Å². The first kappa shape index (κ1) is 11.6. The molecule has 4 nitrogen and oxygen atoms in total. The van der Waals surface area contributed by atoms with Gasteiger partial charge in [0, 0.05) is 5.56 Å². The first-order valence-electron chi connectivity index (χ1n) is 4.13. The molecule has 0 saturated heterocycles. The van der Waals surface area contributed by atoms with Crippen molar-refractivity contribution < 1.29 is 14.6 Å². The van der Waals surface area contributed by atoms with E-state index in [4.69, 9.17) is 26.3 Å². The van der Waals surface area contributed by atoms with Crippen LogP contribution in [-0.2, 0) is 0 Å². The SMILES string of the molecule is COc1ccc([C@@H](O)C#N)c(Cl)c1OC. The Hall–Kier alpha value is -1.44. The molecule has 1 rings (SSSR count). The average Bonchev–Trinajstić information content (AvgIpc) is 2.27. The van der Waals surface area contributed by atoms with Gasteiger partial charge in [-0.25, -0.2) is 0 Å². The van der Waals surface area contributed by atoms with Crippen LogP contribution >= 0.6 is 11.6 Å². The molecule has 1 atom stereocenters. The van der Waals surface area contributed by atoms with E-state index in [0.29, 0.717) is 17.1 Å². The van der Waals surface area contributed by atoms with Gasteiger partial charge in [0.2, 0.25) is 0 Å². The number of methoxy groups -OCH3 is 2. The van der Waals surface area contributed by atoms with Crippen molar-refractivity contribution in [3.05, 3.63) is 22.7 Å². The van der Waals surface area contributed by atoms with E-state index < -0.39 is 6.10 Å². The highest BCUT2D eigenvalue weighted by Gasteiger charge is 2.17. The third kappa shape index (κ3) is 2.14. The lowest BCUT2D eigenvalue weighted by molar-refractivity contribution is 0.235. The number of aliphatic hydroxyl groups is 1. The highest BCUT2D eigenvalue weighted by Crippen LogP contribution is 2.39. The number of hydrogen-bond acceptors (Lipinski definition) is 4. The number of benzene rings is 1. The van der Waals surface area contributed by atoms with Crippen LogP contribution in [0.2, 0.25) is 5.02 Å². The number of hydrogen-bond donors (Lipinski definition) is 1. The van der Waals surface area contributed by atoms with Gasteiger partial charge < -0.3 is 14.6 Å². The molecule has 80 valence electrons. The van der Waals surface area contributed by atoms with E-state index in [2.05, 4.69) is 0 Å². The van der Waals surface area contributed by atoms with E-state index >= 15 is 0 Å². The summed E-state index contributed by atoms with van der Waals surface area (Å²) in [7, 11) is 2.92. The topological polar surface area (TPSA) is 62.5 Å². The van der Waals surface area contributed by atoms with Gasteiger partial charge in [0.05, 0.1) is 25.3 Å². The molecule has 0 aliphatic carbocycles. The van der Waals surface area contributed by atoms with Crippen LogP contribution in [0.5, 0.6) is 11.5 Å². The highest BCUT2D eigenvalue weighted by molar-refractivity contribution is 6.33. The summed E-state index contributed by atoms with van der Waals surface area (Å²) in [5, 5.41) is 18.1. The van der Waals surface area contributed by atoms with Crippen molar-refractivity contribution in [3.63, 3.8) is 0 Å². The van der Waals surface area contributed by atoms with Gasteiger partial charge in [-0.3, -0.25) is 0 Å². The molecule has 1 aromatic rings. The van der Waals surface area contributed by atoms with Gasteiger partial charge in [0.25, 0.3) is 0 Å². The highest BCUT2D eigenvalue weighted by atomic mass is 35.5. The maximum absolute atomic E-state index is 9.35. The standard InChI is InChI=1S/C10H10ClNO3/c1-14-8-4-3-6(7(13)5-12)9(11)10(8)15-2/h3-4,7,13H,1-2H3/t7-/m0/s1. The molecular weight excluding hydrogens is 218 g/mol. The van der Waals surface area contributed by atoms with Crippen LogP contribution in [-0.4, -0.2) is 19.3 Å². The summed E-state index contributed by atoms with van der Waals surface area (Å²) in [6.07, 6.45) is -1.27. The van der Waals surface area contributed by atoms with Crippen LogP contribution < -0.4 is 9.47 Å². The van der Waals surface area contributed by atoms with Crippen molar-refractivity contribution in [3.8, 4) is 17.6 Å². The molecule has 0 aliphatic rings. The lowest BCUT2D eigenvalue weighted by Crippen LogP contribution is -1.98. The molecule has 0 saturated carbocycles. The first-order chi connectivity index (χ1) is 7.15. The van der Waals surface area contributed by atoms with Crippen molar-refractivity contribution in [1.29, 1.82) is 5.26 Å². The predicted molar refractivity (Wildman–Crippen MR) is 55.1 cm³/mol. The monoisotopic (exact) mass is 227 g/mol. The lowest BCUT2D eigenvalue weighted by Gasteiger charge is -2.12. The second kappa shape index (κ2) is 4.87. The summed E-state index contributed by atoms with van der Waals surface area (Å²) >= 11 is 5.95. The largest absolute Gasteiger partial charge is 0.493 e. The Kier molecular flexibility index (Phi) is 3.78. The fraction of sp³-hybridized carbons (Fsp3) is 0.300. The minimum atomic E-state index is -1.27. The zero-order valence-corrected chi connectivity index (χ0v) is 9.08. The van der Waals surface area contributed by atoms with Gasteiger partial charge in [0.1, 0.15) is 0 Å². The molecule has 0 unspecified atom stereocenters. The molecule has 0 fully saturated rings. The van der Waals surface area contributed by atoms with E-state index in [1.165, 1.54) is 20.3 Å². The van der Waals surface area contributed by atoms with Crippen LogP contribution in [0.15, 0.2) is 12.1 Å². The Morgan fingerprint density at radius 1 is 1.40 bits per heavy atom. The molecule has 15 heavy (non-hydrogen) atoms. The predicted octanol–water partition coefficient (Wildman–Crippen LogP) is 1.91. The molecule has 0 aromatic heterocycles. The molecule has 0 radical (unpaired) electrons. The van der Waals surface area contributed by atoms with Crippen LogP contribution in [0.1, 0.15) is 11.7 Å². The number of aliphatic hydroxyl groups excluding tert-OH is 1. The van der Waals surface area contributed by atoms with Gasteiger partial charge in [-0.05, 0) is 12.1 Å². The van der Waals surface area contributed by atoms with Gasteiger partial charge in [-0.1, -0.05) is 11.6 Å². The van der Waals surface area contributed by atoms with E-state index in [0.717, 1.165) is 0 Å². The maximum Gasteiger partial charge on any atom is 0.179 e. The molecule has 0 aliphatic heterocycles. The second-order valence-corrected chi connectivity index (χ2v) is 3.11. The summed E-state index contributed by atoms with van der Waals surface area (Å²) in [5.41, 5.74) is 0.303. The fourth-order valence-corrected chi connectivity index (χ4v) is 1.52.